The smallest absolute Gasteiger partial charge is 0.339 e. The maximum absolute atomic E-state index is 13.2. The number of fused-ring (bicyclic) bond motifs is 1. The quantitative estimate of drug-likeness (QED) is 0.685. The van der Waals surface area contributed by atoms with Gasteiger partial charge in [-0.3, -0.25) is 4.79 Å². The van der Waals surface area contributed by atoms with Gasteiger partial charge in [0.25, 0.3) is 5.91 Å². The highest BCUT2D eigenvalue weighted by Crippen LogP contribution is 2.26. The average molecular weight is 378 g/mol. The van der Waals surface area contributed by atoms with Crippen LogP contribution in [0.25, 0.3) is 22.2 Å². The Morgan fingerprint density at radius 1 is 1.14 bits per heavy atom. The highest BCUT2D eigenvalue weighted by molar-refractivity contribution is 6.05. The number of halogens is 1. The van der Waals surface area contributed by atoms with Crippen molar-refractivity contribution < 1.29 is 18.7 Å². The number of benzene rings is 2. The van der Waals surface area contributed by atoms with Crippen LogP contribution in [0.4, 0.5) is 4.39 Å². The predicted octanol–water partition coefficient (Wildman–Crippen LogP) is 3.86. The molecule has 1 aliphatic carbocycles. The van der Waals surface area contributed by atoms with E-state index in [1.54, 1.807) is 37.3 Å². The first kappa shape index (κ1) is 18.1. The van der Waals surface area contributed by atoms with Gasteiger partial charge < -0.3 is 10.1 Å². The fourth-order valence-electron chi connectivity index (χ4n) is 2.94. The number of hydrogen-bond acceptors (Lipinski definition) is 4. The first-order chi connectivity index (χ1) is 13.5. The molecule has 1 heterocycles. The van der Waals surface area contributed by atoms with Gasteiger partial charge in [-0.2, -0.15) is 0 Å². The van der Waals surface area contributed by atoms with Crippen LogP contribution in [0.15, 0.2) is 54.6 Å². The van der Waals surface area contributed by atoms with Crippen molar-refractivity contribution in [2.45, 2.75) is 31.9 Å². The standard InChI is InChI=1S/C22H19FN2O3/c1-13(21(26)24-16-10-11-16)28-22(27)18-12-20(14-6-8-15(23)9-7-14)25-19-5-3-2-4-17(18)19/h2-9,12-13,16H,10-11H2,1H3,(H,24,26). The lowest BCUT2D eigenvalue weighted by Crippen LogP contribution is -2.37. The van der Waals surface area contributed by atoms with Crippen molar-refractivity contribution in [1.29, 1.82) is 0 Å². The molecule has 3 aromatic rings. The molecule has 0 aliphatic heterocycles. The first-order valence-corrected chi connectivity index (χ1v) is 9.18. The Labute approximate surface area is 161 Å². The van der Waals surface area contributed by atoms with Gasteiger partial charge in [0.15, 0.2) is 6.10 Å². The van der Waals surface area contributed by atoms with E-state index in [2.05, 4.69) is 10.3 Å². The van der Waals surface area contributed by atoms with Crippen molar-refractivity contribution in [3.05, 3.63) is 66.0 Å². The van der Waals surface area contributed by atoms with E-state index in [9.17, 15) is 14.0 Å². The van der Waals surface area contributed by atoms with E-state index in [1.165, 1.54) is 12.1 Å². The summed E-state index contributed by atoms with van der Waals surface area (Å²) in [5.74, 6) is -1.24. The Morgan fingerprint density at radius 2 is 1.86 bits per heavy atom. The highest BCUT2D eigenvalue weighted by Gasteiger charge is 2.28. The van der Waals surface area contributed by atoms with Crippen molar-refractivity contribution in [2.75, 3.05) is 0 Å². The van der Waals surface area contributed by atoms with Crippen LogP contribution < -0.4 is 5.32 Å². The lowest BCUT2D eigenvalue weighted by Gasteiger charge is -2.15. The van der Waals surface area contributed by atoms with Crippen LogP contribution in [0.1, 0.15) is 30.1 Å². The molecule has 1 amide bonds. The van der Waals surface area contributed by atoms with E-state index in [1.807, 2.05) is 12.1 Å². The summed E-state index contributed by atoms with van der Waals surface area (Å²) in [7, 11) is 0. The van der Waals surface area contributed by atoms with E-state index in [0.717, 1.165) is 12.8 Å². The minimum Gasteiger partial charge on any atom is -0.449 e. The number of carbonyl (C=O) groups is 2. The number of carbonyl (C=O) groups excluding carboxylic acids is 2. The van der Waals surface area contributed by atoms with E-state index in [0.29, 0.717) is 27.7 Å². The van der Waals surface area contributed by atoms with Crippen LogP contribution in [0, 0.1) is 5.82 Å². The van der Waals surface area contributed by atoms with E-state index in [4.69, 9.17) is 4.74 Å². The Morgan fingerprint density at radius 3 is 2.57 bits per heavy atom. The third kappa shape index (κ3) is 3.86. The fraction of sp³-hybridized carbons (Fsp3) is 0.227. The van der Waals surface area contributed by atoms with Crippen molar-refractivity contribution in [1.82, 2.24) is 10.3 Å². The van der Waals surface area contributed by atoms with Gasteiger partial charge in [-0.1, -0.05) is 18.2 Å². The Hall–Kier alpha value is -3.28. The molecule has 0 saturated heterocycles. The largest absolute Gasteiger partial charge is 0.449 e. The van der Waals surface area contributed by atoms with Crippen LogP contribution in [0.5, 0.6) is 0 Å². The lowest BCUT2D eigenvalue weighted by atomic mass is 10.0. The van der Waals surface area contributed by atoms with Crippen molar-refractivity contribution >= 4 is 22.8 Å². The van der Waals surface area contributed by atoms with Crippen molar-refractivity contribution in [2.24, 2.45) is 0 Å². The molecule has 6 heteroatoms. The number of nitrogens with one attached hydrogen (secondary N) is 1. The Balaban J connectivity index is 1.67. The molecule has 1 saturated carbocycles. The number of rotatable bonds is 5. The number of hydrogen-bond donors (Lipinski definition) is 1. The zero-order valence-corrected chi connectivity index (χ0v) is 15.3. The monoisotopic (exact) mass is 378 g/mol. The molecule has 1 N–H and O–H groups in total. The van der Waals surface area contributed by atoms with Crippen molar-refractivity contribution in [3.8, 4) is 11.3 Å². The normalized spacial score (nSPS) is 14.5. The molecule has 1 aliphatic rings. The second kappa shape index (κ2) is 7.38. The Bertz CT molecular complexity index is 1050. The van der Waals surface area contributed by atoms with E-state index < -0.39 is 12.1 Å². The minimum absolute atomic E-state index is 0.195. The Kier molecular flexibility index (Phi) is 4.77. The molecule has 5 nitrogen and oxygen atoms in total. The van der Waals surface area contributed by atoms with Crippen LogP contribution >= 0.6 is 0 Å². The molecule has 0 bridgehead atoms. The number of nitrogens with zero attached hydrogens (tertiary/aromatic N) is 1. The van der Waals surface area contributed by atoms with Gasteiger partial charge in [0.1, 0.15) is 5.82 Å². The SMILES string of the molecule is CC(OC(=O)c1cc(-c2ccc(F)cc2)nc2ccccc12)C(=O)NC1CC1. The average Bonchev–Trinajstić information content (AvgIpc) is 3.51. The van der Waals surface area contributed by atoms with E-state index in [-0.39, 0.29) is 17.8 Å². The molecular formula is C22H19FN2O3. The molecule has 4 rings (SSSR count). The number of para-hydroxylation sites is 1. The first-order valence-electron chi connectivity index (χ1n) is 9.18. The van der Waals surface area contributed by atoms with Crippen LogP contribution in [0.2, 0.25) is 0 Å². The number of ether oxygens (including phenoxy) is 1. The maximum Gasteiger partial charge on any atom is 0.339 e. The van der Waals surface area contributed by atoms with Gasteiger partial charge in [-0.05, 0) is 56.2 Å². The number of pyridine rings is 1. The fourth-order valence-corrected chi connectivity index (χ4v) is 2.94. The highest BCUT2D eigenvalue weighted by atomic mass is 19.1. The zero-order chi connectivity index (χ0) is 19.7. The molecule has 142 valence electrons. The van der Waals surface area contributed by atoms with Gasteiger partial charge in [0.2, 0.25) is 0 Å². The lowest BCUT2D eigenvalue weighted by molar-refractivity contribution is -0.129. The number of esters is 1. The second-order valence-electron chi connectivity index (χ2n) is 6.91. The molecule has 0 spiro atoms. The van der Waals surface area contributed by atoms with Crippen LogP contribution in [-0.4, -0.2) is 29.0 Å². The summed E-state index contributed by atoms with van der Waals surface area (Å²) >= 11 is 0. The molecule has 1 fully saturated rings. The molecule has 28 heavy (non-hydrogen) atoms. The summed E-state index contributed by atoms with van der Waals surface area (Å²) in [6, 6.07) is 14.9. The third-order valence-corrected chi connectivity index (χ3v) is 4.65. The summed E-state index contributed by atoms with van der Waals surface area (Å²) in [5, 5.41) is 3.46. The van der Waals surface area contributed by atoms with Gasteiger partial charge in [-0.15, -0.1) is 0 Å². The molecule has 1 aromatic heterocycles. The third-order valence-electron chi connectivity index (χ3n) is 4.65. The van der Waals surface area contributed by atoms with Gasteiger partial charge >= 0.3 is 5.97 Å². The minimum atomic E-state index is -0.894. The predicted molar refractivity (Wildman–Crippen MR) is 103 cm³/mol. The summed E-state index contributed by atoms with van der Waals surface area (Å²) in [4.78, 5) is 29.5. The zero-order valence-electron chi connectivity index (χ0n) is 15.3. The van der Waals surface area contributed by atoms with Crippen LogP contribution in [-0.2, 0) is 9.53 Å². The molecular weight excluding hydrogens is 359 g/mol. The molecule has 2 aromatic carbocycles. The summed E-state index contributed by atoms with van der Waals surface area (Å²) in [6.45, 7) is 1.56. The second-order valence-corrected chi connectivity index (χ2v) is 6.91. The van der Waals surface area contributed by atoms with Crippen LogP contribution in [0.3, 0.4) is 0 Å². The van der Waals surface area contributed by atoms with Gasteiger partial charge in [0, 0.05) is 17.0 Å². The molecule has 0 radical (unpaired) electrons. The number of aromatic nitrogens is 1. The van der Waals surface area contributed by atoms with Crippen molar-refractivity contribution in [3.63, 3.8) is 0 Å². The van der Waals surface area contributed by atoms with Gasteiger partial charge in [-0.25, -0.2) is 14.2 Å². The summed E-state index contributed by atoms with van der Waals surface area (Å²) in [6.07, 6.45) is 1.03. The maximum atomic E-state index is 13.2. The summed E-state index contributed by atoms with van der Waals surface area (Å²) < 4.78 is 18.7. The molecule has 1 unspecified atom stereocenters. The molecule has 1 atom stereocenters. The summed E-state index contributed by atoms with van der Waals surface area (Å²) in [5.41, 5.74) is 2.14. The topological polar surface area (TPSA) is 68.3 Å². The van der Waals surface area contributed by atoms with Gasteiger partial charge in [0.05, 0.1) is 16.8 Å². The van der Waals surface area contributed by atoms with E-state index >= 15 is 0 Å². The number of amides is 1.